The summed E-state index contributed by atoms with van der Waals surface area (Å²) in [7, 11) is 1.27. The molecule has 1 aromatic carbocycles. The fraction of sp³-hybridized carbons (Fsp3) is 0.250. The lowest BCUT2D eigenvalue weighted by atomic mass is 10.1. The van der Waals surface area contributed by atoms with Crippen LogP contribution in [-0.4, -0.2) is 10.2 Å². The van der Waals surface area contributed by atoms with Crippen LogP contribution < -0.4 is 0 Å². The fourth-order valence-corrected chi connectivity index (χ4v) is 1.98. The third kappa shape index (κ3) is 1.95. The summed E-state index contributed by atoms with van der Waals surface area (Å²) in [5, 5.41) is 17.9. The molecule has 0 unspecified atom stereocenters. The van der Waals surface area contributed by atoms with Gasteiger partial charge in [0, 0.05) is 4.90 Å². The highest BCUT2D eigenvalue weighted by molar-refractivity contribution is 8.68. The van der Waals surface area contributed by atoms with Crippen molar-refractivity contribution in [2.45, 2.75) is 18.1 Å². The predicted molar refractivity (Wildman–Crippen MR) is 53.1 cm³/mol. The highest BCUT2D eigenvalue weighted by Crippen LogP contribution is 2.27. The second-order valence-corrected chi connectivity index (χ2v) is 3.47. The lowest BCUT2D eigenvalue weighted by Crippen LogP contribution is -1.95. The van der Waals surface area contributed by atoms with Crippen molar-refractivity contribution >= 4 is 22.5 Å². The molecule has 0 atom stereocenters. The Morgan fingerprint density at radius 1 is 1.25 bits per heavy atom. The van der Waals surface area contributed by atoms with Crippen molar-refractivity contribution in [1.29, 1.82) is 0 Å². The van der Waals surface area contributed by atoms with Crippen LogP contribution in [0.1, 0.15) is 11.1 Å². The van der Waals surface area contributed by atoms with E-state index in [9.17, 15) is 0 Å². The van der Waals surface area contributed by atoms with Crippen molar-refractivity contribution < 1.29 is 10.2 Å². The van der Waals surface area contributed by atoms with Gasteiger partial charge in [-0.05, 0) is 17.2 Å². The minimum atomic E-state index is -0.0559. The Kier molecular flexibility index (Phi) is 3.94. The first kappa shape index (κ1) is 9.92. The number of hydrogen-bond acceptors (Lipinski definition) is 4. The number of thiol groups is 1. The van der Waals surface area contributed by atoms with Crippen molar-refractivity contribution in [2.24, 2.45) is 0 Å². The third-order valence-electron chi connectivity index (χ3n) is 1.66. The molecular formula is C8H10O2S2. The quantitative estimate of drug-likeness (QED) is 0.515. The molecule has 0 amide bonds. The van der Waals surface area contributed by atoms with E-state index >= 15 is 0 Å². The molecule has 2 nitrogen and oxygen atoms in total. The van der Waals surface area contributed by atoms with Crippen molar-refractivity contribution in [2.75, 3.05) is 0 Å². The van der Waals surface area contributed by atoms with Crippen LogP contribution in [0.3, 0.4) is 0 Å². The second kappa shape index (κ2) is 4.77. The molecule has 0 fully saturated rings. The average Bonchev–Trinajstić information content (AvgIpc) is 2.16. The number of aliphatic hydroxyl groups is 2. The Hall–Kier alpha value is -0.160. The topological polar surface area (TPSA) is 40.5 Å². The van der Waals surface area contributed by atoms with Crippen LogP contribution in [0.25, 0.3) is 0 Å². The molecule has 0 aliphatic carbocycles. The van der Waals surface area contributed by atoms with Gasteiger partial charge in [-0.15, -0.1) is 11.7 Å². The fourth-order valence-electron chi connectivity index (χ4n) is 1.02. The minimum Gasteiger partial charge on any atom is -0.392 e. The molecule has 4 heteroatoms. The average molecular weight is 202 g/mol. The molecule has 1 rings (SSSR count). The second-order valence-electron chi connectivity index (χ2n) is 2.30. The number of aliphatic hydroxyl groups excluding tert-OH is 2. The van der Waals surface area contributed by atoms with Crippen LogP contribution in [0.15, 0.2) is 23.1 Å². The van der Waals surface area contributed by atoms with Crippen LogP contribution in [0.2, 0.25) is 0 Å². The van der Waals surface area contributed by atoms with Gasteiger partial charge in [-0.2, -0.15) is 0 Å². The van der Waals surface area contributed by atoms with Gasteiger partial charge >= 0.3 is 0 Å². The maximum absolute atomic E-state index is 9.00. The third-order valence-corrected chi connectivity index (χ3v) is 2.83. The lowest BCUT2D eigenvalue weighted by Gasteiger charge is -2.07. The van der Waals surface area contributed by atoms with Crippen LogP contribution in [0.4, 0.5) is 0 Å². The van der Waals surface area contributed by atoms with Gasteiger partial charge in [-0.1, -0.05) is 22.9 Å². The van der Waals surface area contributed by atoms with E-state index in [1.54, 1.807) is 6.07 Å². The first-order valence-electron chi connectivity index (χ1n) is 3.47. The molecule has 0 spiro atoms. The van der Waals surface area contributed by atoms with E-state index in [0.29, 0.717) is 0 Å². The smallest absolute Gasteiger partial charge is 0.0696 e. The summed E-state index contributed by atoms with van der Waals surface area (Å²) < 4.78 is 0. The molecule has 0 aromatic heterocycles. The molecule has 2 N–H and O–H groups in total. The van der Waals surface area contributed by atoms with Crippen molar-refractivity contribution in [3.05, 3.63) is 29.3 Å². The first-order valence-corrected chi connectivity index (χ1v) is 5.34. The van der Waals surface area contributed by atoms with E-state index in [1.165, 1.54) is 10.8 Å². The van der Waals surface area contributed by atoms with Crippen LogP contribution in [0.5, 0.6) is 0 Å². The van der Waals surface area contributed by atoms with E-state index in [0.717, 1.165) is 16.0 Å². The Bertz CT molecular complexity index is 241. The molecule has 0 aliphatic heterocycles. The SMILES string of the molecule is OCc1cccc(SS)c1CO. The lowest BCUT2D eigenvalue weighted by molar-refractivity contribution is 0.257. The number of rotatable bonds is 3. The normalized spacial score (nSPS) is 10.2. The molecule has 1 aromatic rings. The first-order chi connectivity index (χ1) is 5.83. The summed E-state index contributed by atoms with van der Waals surface area (Å²) >= 11 is 4.04. The molecule has 0 saturated carbocycles. The summed E-state index contributed by atoms with van der Waals surface area (Å²) in [6.07, 6.45) is 0. The predicted octanol–water partition coefficient (Wildman–Crippen LogP) is 1.61. The van der Waals surface area contributed by atoms with Gasteiger partial charge in [-0.3, -0.25) is 0 Å². The summed E-state index contributed by atoms with van der Waals surface area (Å²) in [5.41, 5.74) is 1.52. The number of hydrogen-bond donors (Lipinski definition) is 3. The van der Waals surface area contributed by atoms with Gasteiger partial charge in [0.1, 0.15) is 0 Å². The van der Waals surface area contributed by atoms with Crippen LogP contribution in [-0.2, 0) is 13.2 Å². The molecule has 0 bridgehead atoms. The largest absolute Gasteiger partial charge is 0.392 e. The Morgan fingerprint density at radius 2 is 2.00 bits per heavy atom. The summed E-state index contributed by atoms with van der Waals surface area (Å²) in [4.78, 5) is 0.896. The highest BCUT2D eigenvalue weighted by atomic mass is 33.1. The molecule has 0 aliphatic rings. The van der Waals surface area contributed by atoms with Gasteiger partial charge in [0.15, 0.2) is 0 Å². The zero-order chi connectivity index (χ0) is 8.97. The molecular weight excluding hydrogens is 192 g/mol. The van der Waals surface area contributed by atoms with E-state index in [4.69, 9.17) is 10.2 Å². The van der Waals surface area contributed by atoms with Crippen molar-refractivity contribution in [3.8, 4) is 0 Å². The van der Waals surface area contributed by atoms with Gasteiger partial charge < -0.3 is 10.2 Å². The van der Waals surface area contributed by atoms with Gasteiger partial charge in [0.2, 0.25) is 0 Å². The maximum atomic E-state index is 9.00. The Labute approximate surface area is 80.4 Å². The van der Waals surface area contributed by atoms with Crippen LogP contribution >= 0.6 is 22.5 Å². The van der Waals surface area contributed by atoms with Gasteiger partial charge in [0.25, 0.3) is 0 Å². The minimum absolute atomic E-state index is 0.0436. The molecule has 12 heavy (non-hydrogen) atoms. The zero-order valence-corrected chi connectivity index (χ0v) is 8.11. The Balaban J connectivity index is 3.13. The summed E-state index contributed by atoms with van der Waals surface area (Å²) in [5.74, 6) is 0. The van der Waals surface area contributed by atoms with E-state index in [1.807, 2.05) is 12.1 Å². The standard InChI is InChI=1S/C8H10O2S2/c9-4-6-2-1-3-8(12-11)7(6)5-10/h1-3,9-11H,4-5H2. The maximum Gasteiger partial charge on any atom is 0.0696 e. The molecule has 0 radical (unpaired) electrons. The molecule has 66 valence electrons. The van der Waals surface area contributed by atoms with Gasteiger partial charge in [-0.25, -0.2) is 0 Å². The van der Waals surface area contributed by atoms with Crippen molar-refractivity contribution in [1.82, 2.24) is 0 Å². The zero-order valence-electron chi connectivity index (χ0n) is 6.40. The highest BCUT2D eigenvalue weighted by Gasteiger charge is 2.05. The molecule has 0 saturated heterocycles. The van der Waals surface area contributed by atoms with Gasteiger partial charge in [0.05, 0.1) is 13.2 Å². The van der Waals surface area contributed by atoms with E-state index in [-0.39, 0.29) is 13.2 Å². The monoisotopic (exact) mass is 202 g/mol. The summed E-state index contributed by atoms with van der Waals surface area (Å²) in [6, 6.07) is 5.49. The number of benzene rings is 1. The molecule has 0 heterocycles. The summed E-state index contributed by atoms with van der Waals surface area (Å²) in [6.45, 7) is -0.0995. The van der Waals surface area contributed by atoms with Crippen LogP contribution in [0, 0.1) is 0 Å². The van der Waals surface area contributed by atoms with E-state index in [2.05, 4.69) is 11.7 Å². The Morgan fingerprint density at radius 3 is 2.50 bits per heavy atom. The van der Waals surface area contributed by atoms with Crippen molar-refractivity contribution in [3.63, 3.8) is 0 Å². The van der Waals surface area contributed by atoms with E-state index < -0.39 is 0 Å².